The molecule has 0 aliphatic carbocycles. The van der Waals surface area contributed by atoms with Gasteiger partial charge < -0.3 is 30.7 Å². The molecule has 204 valence electrons. The van der Waals surface area contributed by atoms with Gasteiger partial charge in [0.1, 0.15) is 17.2 Å². The Bertz CT molecular complexity index is 756. The van der Waals surface area contributed by atoms with E-state index in [2.05, 4.69) is 16.0 Å². The zero-order valence-electron chi connectivity index (χ0n) is 22.2. The Morgan fingerprint density at radius 2 is 1.00 bits per heavy atom. The van der Waals surface area contributed by atoms with E-state index in [0.29, 0.717) is 0 Å². The number of carbonyl (C=O) groups is 4. The molecule has 4 N–H and O–H groups in total. The lowest BCUT2D eigenvalue weighted by Gasteiger charge is -2.45. The van der Waals surface area contributed by atoms with Gasteiger partial charge >= 0.3 is 24.3 Å². The molecule has 0 fully saturated rings. The van der Waals surface area contributed by atoms with Crippen molar-refractivity contribution in [1.29, 1.82) is 0 Å². The number of alkyl halides is 3. The molecule has 13 heteroatoms. The quantitative estimate of drug-likeness (QED) is 0.414. The van der Waals surface area contributed by atoms with Crippen molar-refractivity contribution in [3.63, 3.8) is 0 Å². The number of alkyl carbamates (subject to hydrolysis) is 2. The maximum absolute atomic E-state index is 12.8. The number of amides is 4. The SMILES string of the molecule is CC(NC(=O)C(F)(F)F)C(=O)NC(C(C)(C)NC(=O)OC(C)(C)C)C(C)(C)NC(=O)OC(C)(C)C. The normalized spacial score (nSPS) is 14.0. The van der Waals surface area contributed by atoms with Crippen molar-refractivity contribution in [2.24, 2.45) is 0 Å². The molecule has 0 bridgehead atoms. The molecule has 10 nitrogen and oxygen atoms in total. The highest BCUT2D eigenvalue weighted by Crippen LogP contribution is 2.23. The second-order valence-corrected chi connectivity index (χ2v) is 11.3. The number of hydrogen-bond donors (Lipinski definition) is 4. The smallest absolute Gasteiger partial charge is 0.444 e. The minimum Gasteiger partial charge on any atom is -0.444 e. The summed E-state index contributed by atoms with van der Waals surface area (Å²) in [6.07, 6.45) is -6.83. The molecule has 0 aromatic rings. The first-order valence-electron chi connectivity index (χ1n) is 11.0. The number of ether oxygens (including phenoxy) is 2. The van der Waals surface area contributed by atoms with Gasteiger partial charge in [0.05, 0.1) is 17.1 Å². The summed E-state index contributed by atoms with van der Waals surface area (Å²) in [5, 5.41) is 9.33. The molecule has 0 aromatic heterocycles. The highest BCUT2D eigenvalue weighted by atomic mass is 19.4. The highest BCUT2D eigenvalue weighted by molar-refractivity contribution is 5.89. The molecular formula is C22H39F3N4O6. The second kappa shape index (κ2) is 10.9. The van der Waals surface area contributed by atoms with E-state index in [-0.39, 0.29) is 0 Å². The van der Waals surface area contributed by atoms with Gasteiger partial charge in [-0.05, 0) is 76.2 Å². The van der Waals surface area contributed by atoms with Gasteiger partial charge in [0.25, 0.3) is 0 Å². The molecule has 35 heavy (non-hydrogen) atoms. The van der Waals surface area contributed by atoms with Crippen molar-refractivity contribution >= 4 is 24.0 Å². The molecule has 0 saturated heterocycles. The van der Waals surface area contributed by atoms with Crippen LogP contribution in [-0.4, -0.2) is 64.5 Å². The summed E-state index contributed by atoms with van der Waals surface area (Å²) in [5.41, 5.74) is -4.30. The first kappa shape index (κ1) is 32.3. The summed E-state index contributed by atoms with van der Waals surface area (Å²) in [4.78, 5) is 48.9. The molecule has 0 aliphatic rings. The number of hydrogen-bond acceptors (Lipinski definition) is 6. The lowest BCUT2D eigenvalue weighted by atomic mass is 9.80. The van der Waals surface area contributed by atoms with E-state index >= 15 is 0 Å². The van der Waals surface area contributed by atoms with Gasteiger partial charge in [-0.2, -0.15) is 13.2 Å². The van der Waals surface area contributed by atoms with Crippen molar-refractivity contribution < 1.29 is 41.8 Å². The van der Waals surface area contributed by atoms with Gasteiger partial charge in [-0.15, -0.1) is 0 Å². The maximum atomic E-state index is 12.8. The average molecular weight is 513 g/mol. The third-order valence-electron chi connectivity index (χ3n) is 4.37. The van der Waals surface area contributed by atoms with E-state index < -0.39 is 64.5 Å². The molecule has 0 rings (SSSR count). The lowest BCUT2D eigenvalue weighted by Crippen LogP contribution is -2.72. The molecule has 1 atom stereocenters. The van der Waals surface area contributed by atoms with E-state index in [1.54, 1.807) is 46.9 Å². The first-order chi connectivity index (χ1) is 15.3. The van der Waals surface area contributed by atoms with Crippen LogP contribution >= 0.6 is 0 Å². The van der Waals surface area contributed by atoms with Crippen LogP contribution in [0.2, 0.25) is 0 Å². The minimum absolute atomic E-state index is 0.826. The summed E-state index contributed by atoms with van der Waals surface area (Å²) in [6.45, 7) is 17.1. The topological polar surface area (TPSA) is 135 Å². The van der Waals surface area contributed by atoms with Crippen molar-refractivity contribution in [2.45, 2.75) is 117 Å². The van der Waals surface area contributed by atoms with Gasteiger partial charge in [0.2, 0.25) is 5.91 Å². The van der Waals surface area contributed by atoms with Crippen LogP contribution in [0.3, 0.4) is 0 Å². The van der Waals surface area contributed by atoms with Gasteiger partial charge in [0, 0.05) is 0 Å². The Hall–Kier alpha value is -2.73. The van der Waals surface area contributed by atoms with Crippen molar-refractivity contribution in [1.82, 2.24) is 21.3 Å². The number of rotatable bonds is 7. The third-order valence-corrected chi connectivity index (χ3v) is 4.37. The Morgan fingerprint density at radius 1 is 0.657 bits per heavy atom. The third kappa shape index (κ3) is 12.0. The molecular weight excluding hydrogens is 473 g/mol. The van der Waals surface area contributed by atoms with Crippen LogP contribution < -0.4 is 21.3 Å². The summed E-state index contributed by atoms with van der Waals surface area (Å²) in [6, 6.07) is -2.70. The fourth-order valence-corrected chi connectivity index (χ4v) is 3.15. The summed E-state index contributed by atoms with van der Waals surface area (Å²) < 4.78 is 48.4. The monoisotopic (exact) mass is 512 g/mol. The van der Waals surface area contributed by atoms with Crippen LogP contribution in [0, 0.1) is 0 Å². The highest BCUT2D eigenvalue weighted by Gasteiger charge is 2.46. The van der Waals surface area contributed by atoms with Crippen molar-refractivity contribution in [3.05, 3.63) is 0 Å². The maximum Gasteiger partial charge on any atom is 0.471 e. The average Bonchev–Trinajstić information content (AvgIpc) is 2.53. The van der Waals surface area contributed by atoms with Crippen LogP contribution in [-0.2, 0) is 19.1 Å². The van der Waals surface area contributed by atoms with E-state index in [0.717, 1.165) is 6.92 Å². The molecule has 0 heterocycles. The molecule has 0 radical (unpaired) electrons. The van der Waals surface area contributed by atoms with E-state index in [1.807, 2.05) is 0 Å². The predicted octanol–water partition coefficient (Wildman–Crippen LogP) is 3.14. The first-order valence-corrected chi connectivity index (χ1v) is 11.0. The number of nitrogens with one attached hydrogen (secondary N) is 4. The van der Waals surface area contributed by atoms with Crippen molar-refractivity contribution in [3.8, 4) is 0 Å². The van der Waals surface area contributed by atoms with E-state index in [9.17, 15) is 32.3 Å². The Kier molecular flexibility index (Phi) is 10.0. The zero-order valence-corrected chi connectivity index (χ0v) is 22.2. The molecule has 4 amide bonds. The summed E-state index contributed by atoms with van der Waals surface area (Å²) in [7, 11) is 0. The largest absolute Gasteiger partial charge is 0.471 e. The fourth-order valence-electron chi connectivity index (χ4n) is 3.15. The molecule has 0 aliphatic heterocycles. The molecule has 1 unspecified atom stereocenters. The summed E-state index contributed by atoms with van der Waals surface area (Å²) >= 11 is 0. The second-order valence-electron chi connectivity index (χ2n) is 11.3. The van der Waals surface area contributed by atoms with Gasteiger partial charge in [-0.1, -0.05) is 0 Å². The standard InChI is InChI=1S/C22H39F3N4O6/c1-12(26-15(31)22(23,24)25)13(30)27-14(20(8,9)28-16(32)34-18(2,3)4)21(10,11)29-17(33)35-19(5,6)7/h12,14H,1-11H3,(H,26,31)(H,27,30)(H,28,32)(H,29,33). The van der Waals surface area contributed by atoms with E-state index in [1.165, 1.54) is 27.7 Å². The zero-order chi connectivity index (χ0) is 28.2. The Balaban J connectivity index is 5.99. The van der Waals surface area contributed by atoms with Gasteiger partial charge in [0.15, 0.2) is 0 Å². The fraction of sp³-hybridized carbons (Fsp3) is 0.818. The van der Waals surface area contributed by atoms with Gasteiger partial charge in [-0.3, -0.25) is 9.59 Å². The van der Waals surface area contributed by atoms with E-state index in [4.69, 9.17) is 9.47 Å². The van der Waals surface area contributed by atoms with Crippen LogP contribution in [0.5, 0.6) is 0 Å². The van der Waals surface area contributed by atoms with Crippen molar-refractivity contribution in [2.75, 3.05) is 0 Å². The lowest BCUT2D eigenvalue weighted by molar-refractivity contribution is -0.174. The van der Waals surface area contributed by atoms with Crippen LogP contribution in [0.1, 0.15) is 76.2 Å². The van der Waals surface area contributed by atoms with Gasteiger partial charge in [-0.25, -0.2) is 9.59 Å². The Morgan fingerprint density at radius 3 is 1.29 bits per heavy atom. The molecule has 0 saturated carbocycles. The number of carbonyl (C=O) groups excluding carboxylic acids is 4. The van der Waals surface area contributed by atoms with Crippen LogP contribution in [0.25, 0.3) is 0 Å². The molecule has 0 spiro atoms. The van der Waals surface area contributed by atoms with Crippen LogP contribution in [0.4, 0.5) is 22.8 Å². The minimum atomic E-state index is -5.18. The summed E-state index contributed by atoms with van der Waals surface area (Å²) in [5.74, 6) is -3.26. The predicted molar refractivity (Wildman–Crippen MR) is 122 cm³/mol. The molecule has 0 aromatic carbocycles. The number of halogens is 3. The Labute approximate surface area is 204 Å². The van der Waals surface area contributed by atoms with Crippen LogP contribution in [0.15, 0.2) is 0 Å².